The second kappa shape index (κ2) is 6.63. The van der Waals surface area contributed by atoms with Crippen LogP contribution in [0.5, 0.6) is 0 Å². The van der Waals surface area contributed by atoms with Gasteiger partial charge in [0.05, 0.1) is 11.1 Å². The maximum absolute atomic E-state index is 14.1. The second-order valence-electron chi connectivity index (χ2n) is 6.72. The molecule has 2 aliphatic rings. The molecule has 1 aliphatic heterocycles. The van der Waals surface area contributed by atoms with Gasteiger partial charge < -0.3 is 5.32 Å². The van der Waals surface area contributed by atoms with Gasteiger partial charge in [0.25, 0.3) is 5.84 Å². The Kier molecular flexibility index (Phi) is 4.38. The van der Waals surface area contributed by atoms with Crippen LogP contribution < -0.4 is 15.6 Å². The second-order valence-corrected chi connectivity index (χ2v) is 7.82. The average molecular weight is 405 g/mol. The van der Waals surface area contributed by atoms with Gasteiger partial charge in [-0.3, -0.25) is 0 Å². The molecule has 0 spiro atoms. The molecule has 2 aromatic rings. The van der Waals surface area contributed by atoms with Crippen LogP contribution in [0.4, 0.5) is 18.2 Å². The summed E-state index contributed by atoms with van der Waals surface area (Å²) in [7, 11) is 0. The highest BCUT2D eigenvalue weighted by molar-refractivity contribution is 7.16. The maximum Gasteiger partial charge on any atom is 0.465 e. The van der Waals surface area contributed by atoms with Gasteiger partial charge in [-0.15, -0.1) is 11.3 Å². The number of hydrogen-bond donors (Lipinski definition) is 3. The zero-order valence-corrected chi connectivity index (χ0v) is 15.4. The number of thiophene rings is 1. The quantitative estimate of drug-likeness (QED) is 0.729. The molecule has 0 saturated carbocycles. The number of aryl methyl sites for hydroxylation is 1. The van der Waals surface area contributed by atoms with E-state index in [4.69, 9.17) is 0 Å². The molecule has 4 rings (SSSR count). The van der Waals surface area contributed by atoms with Crippen LogP contribution in [0.25, 0.3) is 0 Å². The normalized spacial score (nSPS) is 21.5. The zero-order chi connectivity index (χ0) is 19.9. The Hall–Kier alpha value is -2.86. The summed E-state index contributed by atoms with van der Waals surface area (Å²) < 4.78 is 42.2. The number of halogens is 3. The summed E-state index contributed by atoms with van der Waals surface area (Å²) in [6, 6.07) is 10.3. The minimum Gasteiger partial charge on any atom is -0.318 e. The summed E-state index contributed by atoms with van der Waals surface area (Å²) in [4.78, 5) is 15.7. The van der Waals surface area contributed by atoms with Crippen molar-refractivity contribution in [2.75, 3.05) is 5.32 Å². The molecule has 0 saturated heterocycles. The fourth-order valence-corrected chi connectivity index (χ4v) is 4.83. The molecule has 0 fully saturated rings. The summed E-state index contributed by atoms with van der Waals surface area (Å²) in [6.07, 6.45) is -1.71. The van der Waals surface area contributed by atoms with Crippen LogP contribution in [-0.2, 0) is 17.6 Å². The van der Waals surface area contributed by atoms with Crippen molar-refractivity contribution in [3.63, 3.8) is 0 Å². The van der Waals surface area contributed by atoms with Crippen LogP contribution in [-0.4, -0.2) is 23.6 Å². The SMILES string of the molecule is N#Cc1c(N[C@@]2(C(F)(F)F)[NH+]=C(c3ccccc3)NC2=O)sc2c1CCCC2. The molecule has 5 nitrogen and oxygen atoms in total. The van der Waals surface area contributed by atoms with Crippen molar-refractivity contribution in [1.82, 2.24) is 5.32 Å². The lowest BCUT2D eigenvalue weighted by Crippen LogP contribution is -2.94. The molecule has 2 heterocycles. The Balaban J connectivity index is 1.81. The first kappa shape index (κ1) is 18.5. The van der Waals surface area contributed by atoms with Crippen molar-refractivity contribution in [2.45, 2.75) is 37.5 Å². The number of nitrogens with zero attached hydrogens (tertiary/aromatic N) is 1. The highest BCUT2D eigenvalue weighted by atomic mass is 32.1. The molecule has 1 aromatic carbocycles. The molecular weight excluding hydrogens is 389 g/mol. The van der Waals surface area contributed by atoms with Gasteiger partial charge in [0.1, 0.15) is 11.1 Å². The Labute approximate surface area is 162 Å². The molecule has 1 amide bonds. The van der Waals surface area contributed by atoms with E-state index in [2.05, 4.69) is 15.6 Å². The minimum atomic E-state index is -4.94. The molecule has 0 radical (unpaired) electrons. The first-order valence-corrected chi connectivity index (χ1v) is 9.59. The molecular formula is C19H16F3N4OS+. The number of amides is 1. The standard InChI is InChI=1S/C19H15F3N4OS/c20-19(21,22)18(17(27)24-15(25-18)11-6-2-1-3-7-11)26-16-13(10-23)12-8-4-5-9-14(12)28-16/h1-3,6-7,26H,4-5,8-9H2,(H,24,25,27)/p+1/t18-/m0/s1. The fourth-order valence-electron chi connectivity index (χ4n) is 3.53. The topological polar surface area (TPSA) is 78.9 Å². The van der Waals surface area contributed by atoms with Crippen LogP contribution in [0.1, 0.15) is 34.4 Å². The third kappa shape index (κ3) is 2.85. The van der Waals surface area contributed by atoms with Gasteiger partial charge in [-0.05, 0) is 43.4 Å². The molecule has 1 aromatic heterocycles. The monoisotopic (exact) mass is 405 g/mol. The third-order valence-electron chi connectivity index (χ3n) is 4.96. The molecule has 28 heavy (non-hydrogen) atoms. The lowest BCUT2D eigenvalue weighted by Gasteiger charge is -2.24. The highest BCUT2D eigenvalue weighted by Crippen LogP contribution is 2.40. The van der Waals surface area contributed by atoms with Gasteiger partial charge in [-0.2, -0.15) is 18.4 Å². The van der Waals surface area contributed by atoms with E-state index in [1.165, 1.54) is 0 Å². The van der Waals surface area contributed by atoms with E-state index in [-0.39, 0.29) is 16.4 Å². The van der Waals surface area contributed by atoms with E-state index in [0.29, 0.717) is 12.0 Å². The molecule has 1 aliphatic carbocycles. The number of nitrogens with one attached hydrogen (secondary N) is 3. The number of alkyl halides is 3. The largest absolute Gasteiger partial charge is 0.465 e. The number of carbonyl (C=O) groups excluding carboxylic acids is 1. The predicted octanol–water partition coefficient (Wildman–Crippen LogP) is 1.83. The first-order valence-electron chi connectivity index (χ1n) is 8.77. The van der Waals surface area contributed by atoms with Gasteiger partial charge in [-0.25, -0.2) is 15.1 Å². The number of carbonyl (C=O) groups is 1. The Morgan fingerprint density at radius 2 is 1.93 bits per heavy atom. The van der Waals surface area contributed by atoms with Crippen LogP contribution >= 0.6 is 11.3 Å². The van der Waals surface area contributed by atoms with Crippen molar-refractivity contribution in [3.8, 4) is 6.07 Å². The lowest BCUT2D eigenvalue weighted by molar-refractivity contribution is -0.566. The van der Waals surface area contributed by atoms with Gasteiger partial charge in [0.15, 0.2) is 0 Å². The summed E-state index contributed by atoms with van der Waals surface area (Å²) in [5.74, 6) is -1.29. The first-order chi connectivity index (χ1) is 13.4. The number of nitriles is 1. The molecule has 1 atom stereocenters. The molecule has 0 unspecified atom stereocenters. The van der Waals surface area contributed by atoms with Crippen LogP contribution in [0.15, 0.2) is 30.3 Å². The van der Waals surface area contributed by atoms with Crippen molar-refractivity contribution in [2.24, 2.45) is 0 Å². The minimum absolute atomic E-state index is 0.0322. The van der Waals surface area contributed by atoms with Gasteiger partial charge in [0.2, 0.25) is 0 Å². The van der Waals surface area contributed by atoms with E-state index in [1.54, 1.807) is 30.3 Å². The van der Waals surface area contributed by atoms with Crippen molar-refractivity contribution in [3.05, 3.63) is 51.9 Å². The van der Waals surface area contributed by atoms with Crippen LogP contribution in [0, 0.1) is 11.3 Å². The van der Waals surface area contributed by atoms with E-state index in [9.17, 15) is 23.2 Å². The summed E-state index contributed by atoms with van der Waals surface area (Å²) in [5, 5.41) is 14.2. The van der Waals surface area contributed by atoms with Gasteiger partial charge in [-0.1, -0.05) is 18.2 Å². The number of anilines is 1. The molecule has 144 valence electrons. The summed E-state index contributed by atoms with van der Waals surface area (Å²) in [6.45, 7) is 0. The number of hydrogen-bond acceptors (Lipinski definition) is 4. The fraction of sp³-hybridized carbons (Fsp3) is 0.316. The maximum atomic E-state index is 14.1. The third-order valence-corrected chi connectivity index (χ3v) is 6.17. The van der Waals surface area contributed by atoms with Crippen molar-refractivity contribution >= 4 is 28.1 Å². The van der Waals surface area contributed by atoms with E-state index in [1.807, 2.05) is 6.07 Å². The van der Waals surface area contributed by atoms with Crippen LogP contribution in [0.3, 0.4) is 0 Å². The van der Waals surface area contributed by atoms with Crippen molar-refractivity contribution < 1.29 is 23.0 Å². The number of benzene rings is 1. The smallest absolute Gasteiger partial charge is 0.318 e. The summed E-state index contributed by atoms with van der Waals surface area (Å²) in [5.41, 5.74) is -1.62. The highest BCUT2D eigenvalue weighted by Gasteiger charge is 2.69. The van der Waals surface area contributed by atoms with E-state index in [0.717, 1.165) is 41.0 Å². The zero-order valence-electron chi connectivity index (χ0n) is 14.6. The molecule has 3 N–H and O–H groups in total. The number of fused-ring (bicyclic) bond motifs is 1. The number of amidine groups is 1. The average Bonchev–Trinajstić information content (AvgIpc) is 3.20. The van der Waals surface area contributed by atoms with Crippen LogP contribution in [0.2, 0.25) is 0 Å². The summed E-state index contributed by atoms with van der Waals surface area (Å²) >= 11 is 1.12. The predicted molar refractivity (Wildman–Crippen MR) is 97.7 cm³/mol. The van der Waals surface area contributed by atoms with Crippen molar-refractivity contribution in [1.29, 1.82) is 5.26 Å². The van der Waals surface area contributed by atoms with Gasteiger partial charge >= 0.3 is 17.7 Å². The Morgan fingerprint density at radius 1 is 1.21 bits per heavy atom. The van der Waals surface area contributed by atoms with E-state index >= 15 is 0 Å². The van der Waals surface area contributed by atoms with E-state index < -0.39 is 17.7 Å². The Bertz CT molecular complexity index is 1010. The molecule has 0 bridgehead atoms. The molecule has 9 heteroatoms. The number of rotatable bonds is 3. The lowest BCUT2D eigenvalue weighted by atomic mass is 9.96. The van der Waals surface area contributed by atoms with Gasteiger partial charge in [0, 0.05) is 4.88 Å². The Morgan fingerprint density at radius 3 is 2.61 bits per heavy atom.